The maximum absolute atomic E-state index is 8.65. The smallest absolute Gasteiger partial charge is 0.0774 e. The number of aromatic nitrogens is 3. The molecule has 49 heavy (non-hydrogen) atoms. The molecule has 0 amide bonds. The second-order valence-electron chi connectivity index (χ2n) is 12.9. The van der Waals surface area contributed by atoms with Gasteiger partial charge in [0.2, 0.25) is 0 Å². The number of hydrogen-bond donors (Lipinski definition) is 0. The summed E-state index contributed by atoms with van der Waals surface area (Å²) in [6.07, 6.45) is 2.96. The third-order valence-electron chi connectivity index (χ3n) is 8.17. The Morgan fingerprint density at radius 3 is 2.20 bits per heavy atom. The van der Waals surface area contributed by atoms with E-state index >= 15 is 0 Å². The summed E-state index contributed by atoms with van der Waals surface area (Å²) in [5.74, 6) is 1.24. The number of benzene rings is 4. The van der Waals surface area contributed by atoms with E-state index in [1.165, 1.54) is 35.5 Å². The molecule has 4 nitrogen and oxygen atoms in total. The molecule has 5 heteroatoms. The largest absolute Gasteiger partial charge is 0.557 e. The van der Waals surface area contributed by atoms with Crippen molar-refractivity contribution in [3.8, 4) is 28.3 Å². The average Bonchev–Trinajstić information content (AvgIpc) is 3.75. The van der Waals surface area contributed by atoms with Crippen molar-refractivity contribution in [1.82, 2.24) is 14.5 Å². The van der Waals surface area contributed by atoms with E-state index in [1.807, 2.05) is 50.2 Å². The third kappa shape index (κ3) is 7.80. The molecule has 3 aromatic heterocycles. The van der Waals surface area contributed by atoms with Crippen LogP contribution in [-0.2, 0) is 26.5 Å². The molecule has 0 saturated heterocycles. The topological polar surface area (TPSA) is 43.9 Å². The second-order valence-corrected chi connectivity index (χ2v) is 12.9. The quantitative estimate of drug-likeness (QED) is 0.150. The Bertz CT molecular complexity index is 2380. The Kier molecular flexibility index (Phi) is 8.39. The second kappa shape index (κ2) is 15.5. The number of fused-ring (bicyclic) bond motifs is 2. The van der Waals surface area contributed by atoms with Crippen LogP contribution in [0.15, 0.2) is 102 Å². The van der Waals surface area contributed by atoms with E-state index in [1.54, 1.807) is 12.1 Å². The molecule has 0 aliphatic carbocycles. The van der Waals surface area contributed by atoms with Crippen LogP contribution in [-0.4, -0.2) is 14.5 Å². The Morgan fingerprint density at radius 2 is 1.57 bits per heavy atom. The van der Waals surface area contributed by atoms with Gasteiger partial charge < -0.3 is 14.0 Å². The summed E-state index contributed by atoms with van der Waals surface area (Å²) in [5, 5.41) is 0.821. The van der Waals surface area contributed by atoms with Crippen molar-refractivity contribution in [2.75, 3.05) is 0 Å². The number of aryl methyl sites for hydroxylation is 2. The van der Waals surface area contributed by atoms with Crippen molar-refractivity contribution < 1.29 is 35.5 Å². The predicted molar refractivity (Wildman–Crippen MR) is 200 cm³/mol. The molecular weight excluding hydrogens is 779 g/mol. The number of para-hydroxylation sites is 3. The van der Waals surface area contributed by atoms with E-state index in [2.05, 4.69) is 73.8 Å². The molecule has 1 radical (unpaired) electrons. The zero-order valence-corrected chi connectivity index (χ0v) is 30.9. The van der Waals surface area contributed by atoms with Crippen LogP contribution in [0.2, 0.25) is 0 Å². The van der Waals surface area contributed by atoms with Gasteiger partial charge in [-0.3, -0.25) is 4.98 Å². The van der Waals surface area contributed by atoms with Crippen LogP contribution in [0.25, 0.3) is 50.3 Å². The molecule has 7 aromatic rings. The summed E-state index contributed by atoms with van der Waals surface area (Å²) in [7, 11) is 0. The number of rotatable bonds is 7. The van der Waals surface area contributed by atoms with Gasteiger partial charge in [0.05, 0.1) is 16.9 Å². The van der Waals surface area contributed by atoms with Crippen molar-refractivity contribution in [1.29, 1.82) is 0 Å². The summed E-state index contributed by atoms with van der Waals surface area (Å²) < 4.78 is 69.1. The van der Waals surface area contributed by atoms with Gasteiger partial charge >= 0.3 is 0 Å². The van der Waals surface area contributed by atoms with Gasteiger partial charge in [-0.1, -0.05) is 126 Å². The Morgan fingerprint density at radius 1 is 0.837 bits per heavy atom. The van der Waals surface area contributed by atoms with E-state index in [0.717, 1.165) is 33.5 Å². The number of imidazole rings is 1. The van der Waals surface area contributed by atoms with Crippen molar-refractivity contribution in [2.45, 2.75) is 73.5 Å². The molecule has 0 spiro atoms. The number of hydrogen-bond acceptors (Lipinski definition) is 3. The van der Waals surface area contributed by atoms with Crippen molar-refractivity contribution in [2.24, 2.45) is 5.92 Å². The van der Waals surface area contributed by atoms with Crippen molar-refractivity contribution >= 4 is 22.0 Å². The Hall–Kier alpha value is -4.31. The van der Waals surface area contributed by atoms with Gasteiger partial charge in [0.1, 0.15) is 0 Å². The predicted octanol–water partition coefficient (Wildman–Crippen LogP) is 11.8. The minimum atomic E-state index is -2.18. The maximum Gasteiger partial charge on any atom is 0.0774 e. The molecule has 4 aromatic carbocycles. The van der Waals surface area contributed by atoms with E-state index in [4.69, 9.17) is 20.4 Å². The third-order valence-corrected chi connectivity index (χ3v) is 8.17. The Labute approximate surface area is 316 Å². The van der Waals surface area contributed by atoms with Gasteiger partial charge in [-0.25, -0.2) is 0 Å². The SMILES string of the molecule is [2H]C([2H])([2H])c1c[c-]c(-c2ccc(C([2H])([2H])[2H])cn2)cc1.[2H]C([2H])(c1ccc2o[c-]c(-c3nc4ccccc4n3-c3c(C(C)C)cccc3C(C)C)c2c1)C(C)C.[Ir]. The molecule has 253 valence electrons. The van der Waals surface area contributed by atoms with Crippen LogP contribution in [0, 0.1) is 32.0 Å². The molecule has 0 unspecified atom stereocenters. The molecule has 0 aliphatic rings. The van der Waals surface area contributed by atoms with Crippen LogP contribution >= 0.6 is 0 Å². The van der Waals surface area contributed by atoms with Gasteiger partial charge in [0.15, 0.2) is 0 Å². The summed E-state index contributed by atoms with van der Waals surface area (Å²) >= 11 is 0. The van der Waals surface area contributed by atoms with Gasteiger partial charge in [0, 0.05) is 54.8 Å². The number of pyridine rings is 1. The monoisotopic (exact) mass is 832 g/mol. The Balaban J connectivity index is 0.000000251. The zero-order valence-electron chi connectivity index (χ0n) is 36.6. The number of furan rings is 1. The average molecular weight is 832 g/mol. The minimum absolute atomic E-state index is 0. The van der Waals surface area contributed by atoms with Gasteiger partial charge in [-0.2, -0.15) is 0 Å². The fourth-order valence-electron chi connectivity index (χ4n) is 5.89. The maximum atomic E-state index is 8.65. The van der Waals surface area contributed by atoms with E-state index in [0.29, 0.717) is 34.2 Å². The van der Waals surface area contributed by atoms with Crippen LogP contribution in [0.4, 0.5) is 0 Å². The molecule has 0 aliphatic heterocycles. The first-order chi connectivity index (χ1) is 26.3. The van der Waals surface area contributed by atoms with E-state index < -0.39 is 20.1 Å². The molecule has 0 atom stereocenters. The fourth-order valence-corrected chi connectivity index (χ4v) is 5.89. The molecule has 0 fully saturated rings. The normalized spacial score (nSPS) is 14.6. The summed E-state index contributed by atoms with van der Waals surface area (Å²) in [5.41, 5.74) is 9.20. The van der Waals surface area contributed by atoms with Crippen LogP contribution in [0.5, 0.6) is 0 Å². The summed E-state index contributed by atoms with van der Waals surface area (Å²) in [4.78, 5) is 9.16. The van der Waals surface area contributed by atoms with E-state index in [9.17, 15) is 0 Å². The first kappa shape index (κ1) is 26.5. The van der Waals surface area contributed by atoms with Gasteiger partial charge in [-0.15, -0.1) is 35.4 Å². The van der Waals surface area contributed by atoms with Gasteiger partial charge in [0.25, 0.3) is 0 Å². The first-order valence-corrected chi connectivity index (χ1v) is 16.3. The molecule has 7 rings (SSSR count). The first-order valence-electron chi connectivity index (χ1n) is 20.3. The van der Waals surface area contributed by atoms with Crippen molar-refractivity contribution in [3.63, 3.8) is 0 Å². The summed E-state index contributed by atoms with van der Waals surface area (Å²) in [6, 6.07) is 30.8. The molecule has 3 heterocycles. The van der Waals surface area contributed by atoms with E-state index in [-0.39, 0.29) is 37.2 Å². The summed E-state index contributed by atoms with van der Waals surface area (Å²) in [6.45, 7) is 8.37. The molecule has 0 saturated carbocycles. The number of nitrogens with zero attached hydrogens (tertiary/aromatic N) is 3. The standard InChI is InChI=1S/C31H33N2O.C13H12N.Ir/c1-19(2)16-22-14-15-29-25(17-22)26(18-34-29)31-32-27-12-7-8-13-28(27)33(31)30-23(20(3)4)10-9-11-24(30)21(5)6;1-10-3-6-12(7-4-10)13-8-5-11(2)9-14-13;/h7-15,17,19-21H,16H2,1-6H3;3-6,8-9H,1-2H3;/q2*-1;/i16D2;1D3,2D3;. The van der Waals surface area contributed by atoms with Gasteiger partial charge in [-0.05, 0) is 65.5 Å². The minimum Gasteiger partial charge on any atom is -0.557 e. The zero-order chi connectivity index (χ0) is 40.7. The molecule has 0 N–H and O–H groups in total. The van der Waals surface area contributed by atoms with Crippen LogP contribution in [0.3, 0.4) is 0 Å². The molecular formula is C44H45IrN3O-2. The van der Waals surface area contributed by atoms with Crippen LogP contribution in [0.1, 0.15) is 92.2 Å². The fraction of sp³-hybridized carbons (Fsp3) is 0.273. The van der Waals surface area contributed by atoms with Crippen LogP contribution < -0.4 is 0 Å². The molecule has 0 bridgehead atoms. The van der Waals surface area contributed by atoms with Crippen molar-refractivity contribution in [3.05, 3.63) is 137 Å².